The Hall–Kier alpha value is -2.46. The van der Waals surface area contributed by atoms with Gasteiger partial charge in [-0.2, -0.15) is 5.26 Å². The Balaban J connectivity index is 3.06. The van der Waals surface area contributed by atoms with Crippen molar-refractivity contribution < 1.29 is 9.53 Å². The van der Waals surface area contributed by atoms with Crippen molar-refractivity contribution in [3.8, 4) is 18.4 Å². The van der Waals surface area contributed by atoms with E-state index in [-0.39, 0.29) is 0 Å². The van der Waals surface area contributed by atoms with Crippen LogP contribution in [0.5, 0.6) is 0 Å². The van der Waals surface area contributed by atoms with Crippen LogP contribution >= 0.6 is 0 Å². The highest BCUT2D eigenvalue weighted by Crippen LogP contribution is 2.23. The molecular formula is C15H16N2O2. The smallest absolute Gasteiger partial charge is 0.412 e. The number of carbonyl (C=O) groups excluding carboxylic acids is 1. The molecule has 1 aromatic carbocycles. The molecule has 0 atom stereocenters. The van der Waals surface area contributed by atoms with Gasteiger partial charge in [-0.25, -0.2) is 4.79 Å². The summed E-state index contributed by atoms with van der Waals surface area (Å²) in [7, 11) is 0. The maximum absolute atomic E-state index is 11.7. The van der Waals surface area contributed by atoms with Gasteiger partial charge in [-0.15, -0.1) is 6.42 Å². The van der Waals surface area contributed by atoms with E-state index in [9.17, 15) is 4.79 Å². The van der Waals surface area contributed by atoms with Gasteiger partial charge in [-0.3, -0.25) is 5.32 Å². The number of anilines is 1. The summed E-state index contributed by atoms with van der Waals surface area (Å²) in [4.78, 5) is 11.7. The third kappa shape index (κ3) is 4.04. The second kappa shape index (κ2) is 5.46. The summed E-state index contributed by atoms with van der Waals surface area (Å²) in [5, 5.41) is 11.5. The fourth-order valence-corrected chi connectivity index (χ4v) is 1.54. The molecule has 0 heterocycles. The van der Waals surface area contributed by atoms with Gasteiger partial charge in [-0.1, -0.05) is 5.92 Å². The molecule has 0 saturated heterocycles. The molecule has 0 bridgehead atoms. The summed E-state index contributed by atoms with van der Waals surface area (Å²) in [6.45, 7) is 7.11. The summed E-state index contributed by atoms with van der Waals surface area (Å²) in [5.74, 6) is 2.46. The average Bonchev–Trinajstić information content (AvgIpc) is 2.29. The van der Waals surface area contributed by atoms with Gasteiger partial charge in [0.1, 0.15) is 5.60 Å². The number of nitrogens with one attached hydrogen (secondary N) is 1. The van der Waals surface area contributed by atoms with Crippen LogP contribution in [0.1, 0.15) is 37.5 Å². The molecule has 0 aliphatic rings. The van der Waals surface area contributed by atoms with Crippen molar-refractivity contribution in [3.05, 3.63) is 28.8 Å². The van der Waals surface area contributed by atoms with Crippen LogP contribution < -0.4 is 5.32 Å². The number of carbonyl (C=O) groups is 1. The Morgan fingerprint density at radius 2 is 2.05 bits per heavy atom. The standard InChI is InChI=1S/C15H16N2O2/c1-6-12-8-11(9-16)7-10(2)13(12)17-14(18)19-15(3,4)5/h1,7-8H,2-5H3,(H,17,18). The fraction of sp³-hybridized carbons (Fsp3) is 0.333. The van der Waals surface area contributed by atoms with E-state index in [0.717, 1.165) is 5.56 Å². The van der Waals surface area contributed by atoms with Crippen LogP contribution in [0.4, 0.5) is 10.5 Å². The van der Waals surface area contributed by atoms with Crippen molar-refractivity contribution >= 4 is 11.8 Å². The second-order valence-electron chi connectivity index (χ2n) is 5.10. The number of terminal acetylenes is 1. The summed E-state index contributed by atoms with van der Waals surface area (Å²) >= 11 is 0. The Labute approximate surface area is 113 Å². The molecule has 4 heteroatoms. The first-order valence-electron chi connectivity index (χ1n) is 5.78. The van der Waals surface area contributed by atoms with Crippen LogP contribution in [-0.2, 0) is 4.74 Å². The van der Waals surface area contributed by atoms with Crippen LogP contribution in [0.2, 0.25) is 0 Å². The van der Waals surface area contributed by atoms with Crippen molar-refractivity contribution in [1.82, 2.24) is 0 Å². The molecule has 1 N–H and O–H groups in total. The van der Waals surface area contributed by atoms with Gasteiger partial charge in [0.15, 0.2) is 0 Å². The first-order chi connectivity index (χ1) is 8.76. The summed E-state index contributed by atoms with van der Waals surface area (Å²) < 4.78 is 5.17. The van der Waals surface area contributed by atoms with Crippen LogP contribution in [0, 0.1) is 30.6 Å². The molecule has 98 valence electrons. The molecule has 0 unspecified atom stereocenters. The number of ether oxygens (including phenoxy) is 1. The lowest BCUT2D eigenvalue weighted by Gasteiger charge is -2.20. The van der Waals surface area contributed by atoms with Crippen molar-refractivity contribution in [3.63, 3.8) is 0 Å². The molecule has 0 fully saturated rings. The largest absolute Gasteiger partial charge is 0.444 e. The molecular weight excluding hydrogens is 240 g/mol. The van der Waals surface area contributed by atoms with Gasteiger partial charge in [0.2, 0.25) is 0 Å². The van der Waals surface area contributed by atoms with E-state index < -0.39 is 11.7 Å². The van der Waals surface area contributed by atoms with Gasteiger partial charge in [-0.05, 0) is 45.4 Å². The zero-order valence-electron chi connectivity index (χ0n) is 11.5. The van der Waals surface area contributed by atoms with Gasteiger partial charge in [0.05, 0.1) is 17.3 Å². The number of amides is 1. The van der Waals surface area contributed by atoms with Crippen molar-refractivity contribution in [2.75, 3.05) is 5.32 Å². The van der Waals surface area contributed by atoms with E-state index in [2.05, 4.69) is 11.2 Å². The number of nitrogens with zero attached hydrogens (tertiary/aromatic N) is 1. The highest BCUT2D eigenvalue weighted by molar-refractivity contribution is 5.88. The van der Waals surface area contributed by atoms with Crippen LogP contribution in [0.25, 0.3) is 0 Å². The van der Waals surface area contributed by atoms with Crippen molar-refractivity contribution in [2.24, 2.45) is 0 Å². The minimum atomic E-state index is -0.582. The van der Waals surface area contributed by atoms with Gasteiger partial charge in [0, 0.05) is 5.56 Å². The van der Waals surface area contributed by atoms with Crippen molar-refractivity contribution in [1.29, 1.82) is 5.26 Å². The molecule has 0 spiro atoms. The third-order valence-electron chi connectivity index (χ3n) is 2.25. The van der Waals surface area contributed by atoms with Gasteiger partial charge >= 0.3 is 6.09 Å². The molecule has 1 rings (SSSR count). The normalized spacial score (nSPS) is 10.2. The highest BCUT2D eigenvalue weighted by Gasteiger charge is 2.18. The third-order valence-corrected chi connectivity index (χ3v) is 2.25. The molecule has 4 nitrogen and oxygen atoms in total. The zero-order chi connectivity index (χ0) is 14.6. The first-order valence-corrected chi connectivity index (χ1v) is 5.78. The molecule has 0 radical (unpaired) electrons. The molecule has 1 aromatic rings. The van der Waals surface area contributed by atoms with E-state index in [1.807, 2.05) is 6.07 Å². The lowest BCUT2D eigenvalue weighted by atomic mass is 10.0. The number of nitriles is 1. The minimum Gasteiger partial charge on any atom is -0.444 e. The lowest BCUT2D eigenvalue weighted by Crippen LogP contribution is -2.27. The molecule has 0 aromatic heterocycles. The van der Waals surface area contributed by atoms with E-state index in [0.29, 0.717) is 16.8 Å². The first kappa shape index (κ1) is 14.6. The van der Waals surface area contributed by atoms with Gasteiger partial charge in [0.25, 0.3) is 0 Å². The van der Waals surface area contributed by atoms with Crippen molar-refractivity contribution in [2.45, 2.75) is 33.3 Å². The number of rotatable bonds is 1. The molecule has 0 saturated carbocycles. The number of hydrogen-bond donors (Lipinski definition) is 1. The fourth-order valence-electron chi connectivity index (χ4n) is 1.54. The van der Waals surface area contributed by atoms with Crippen LogP contribution in [-0.4, -0.2) is 11.7 Å². The maximum Gasteiger partial charge on any atom is 0.412 e. The SMILES string of the molecule is C#Cc1cc(C#N)cc(C)c1NC(=O)OC(C)(C)C. The molecule has 0 aliphatic carbocycles. The minimum absolute atomic E-state index is 0.459. The molecule has 0 aliphatic heterocycles. The highest BCUT2D eigenvalue weighted by atomic mass is 16.6. The topological polar surface area (TPSA) is 62.1 Å². The predicted molar refractivity (Wildman–Crippen MR) is 73.7 cm³/mol. The predicted octanol–water partition coefficient (Wildman–Crippen LogP) is 3.20. The molecule has 19 heavy (non-hydrogen) atoms. The van der Waals surface area contributed by atoms with Crippen LogP contribution in [0.3, 0.4) is 0 Å². The summed E-state index contributed by atoms with van der Waals surface area (Å²) in [6.07, 6.45) is 4.82. The second-order valence-corrected chi connectivity index (χ2v) is 5.10. The van der Waals surface area contributed by atoms with E-state index in [1.165, 1.54) is 0 Å². The van der Waals surface area contributed by atoms with E-state index >= 15 is 0 Å². The monoisotopic (exact) mass is 256 g/mol. The molecule has 1 amide bonds. The Morgan fingerprint density at radius 3 is 2.53 bits per heavy atom. The maximum atomic E-state index is 11.7. The Kier molecular flexibility index (Phi) is 4.19. The summed E-state index contributed by atoms with van der Waals surface area (Å²) in [6, 6.07) is 5.24. The number of hydrogen-bond acceptors (Lipinski definition) is 3. The van der Waals surface area contributed by atoms with E-state index in [4.69, 9.17) is 16.4 Å². The average molecular weight is 256 g/mol. The van der Waals surface area contributed by atoms with E-state index in [1.54, 1.807) is 39.8 Å². The Bertz CT molecular complexity index is 584. The quantitative estimate of drug-likeness (QED) is 0.785. The lowest BCUT2D eigenvalue weighted by molar-refractivity contribution is 0.0635. The number of aryl methyl sites for hydroxylation is 1. The van der Waals surface area contributed by atoms with Gasteiger partial charge < -0.3 is 4.74 Å². The van der Waals surface area contributed by atoms with Crippen LogP contribution in [0.15, 0.2) is 12.1 Å². The summed E-state index contributed by atoms with van der Waals surface area (Å²) in [5.41, 5.74) is 1.55. The Morgan fingerprint density at radius 1 is 1.42 bits per heavy atom. The number of benzene rings is 1. The zero-order valence-corrected chi connectivity index (χ0v) is 11.5.